The molecule has 0 spiro atoms. The second kappa shape index (κ2) is 9.18. The Morgan fingerprint density at radius 3 is 2.13 bits per heavy atom. The van der Waals surface area contributed by atoms with Crippen molar-refractivity contribution in [3.05, 3.63) is 35.4 Å². The number of ether oxygens (including phenoxy) is 1. The molecule has 1 amide bonds. The summed E-state index contributed by atoms with van der Waals surface area (Å²) in [4.78, 5) is 16.2. The van der Waals surface area contributed by atoms with Gasteiger partial charge in [-0.3, -0.25) is 4.99 Å². The molecule has 0 aromatic heterocycles. The summed E-state index contributed by atoms with van der Waals surface area (Å²) in [7, 11) is 1.69. The average molecular weight is 423 g/mol. The van der Waals surface area contributed by atoms with Crippen molar-refractivity contribution in [3.8, 4) is 0 Å². The quantitative estimate of drug-likeness (QED) is 0.509. The first-order valence-corrected chi connectivity index (χ1v) is 10.6. The zero-order valence-electron chi connectivity index (χ0n) is 18.1. The Balaban J connectivity index is 1.43. The lowest BCUT2D eigenvalue weighted by Crippen LogP contribution is -2.48. The molecule has 1 aromatic rings. The van der Waals surface area contributed by atoms with Crippen molar-refractivity contribution in [1.29, 1.82) is 0 Å². The molecule has 0 bridgehead atoms. The van der Waals surface area contributed by atoms with Crippen molar-refractivity contribution >= 4 is 12.1 Å². The van der Waals surface area contributed by atoms with E-state index < -0.39 is 17.2 Å². The van der Waals surface area contributed by atoms with Crippen molar-refractivity contribution in [1.82, 2.24) is 16.0 Å². The predicted molar refractivity (Wildman–Crippen MR) is 113 cm³/mol. The number of benzene rings is 1. The molecule has 2 saturated carbocycles. The van der Waals surface area contributed by atoms with Crippen LogP contribution < -0.4 is 16.0 Å². The predicted octanol–water partition coefficient (Wildman–Crippen LogP) is 3.82. The fourth-order valence-corrected chi connectivity index (χ4v) is 3.93. The minimum atomic E-state index is -0.507. The van der Waals surface area contributed by atoms with E-state index in [0.717, 1.165) is 25.7 Å². The van der Waals surface area contributed by atoms with E-state index in [2.05, 4.69) is 20.9 Å². The number of nitrogens with one attached hydrogen (secondary N) is 3. The van der Waals surface area contributed by atoms with E-state index >= 15 is 0 Å². The van der Waals surface area contributed by atoms with E-state index in [1.165, 1.54) is 18.2 Å². The molecule has 0 radical (unpaired) electrons. The zero-order valence-corrected chi connectivity index (χ0v) is 18.1. The van der Waals surface area contributed by atoms with E-state index in [9.17, 15) is 13.6 Å². The topological polar surface area (TPSA) is 74.8 Å². The number of hydrogen-bond acceptors (Lipinski definition) is 3. The van der Waals surface area contributed by atoms with E-state index in [0.29, 0.717) is 12.4 Å². The summed E-state index contributed by atoms with van der Waals surface area (Å²) in [6.07, 6.45) is 3.76. The normalized spacial score (nSPS) is 26.7. The van der Waals surface area contributed by atoms with Crippen molar-refractivity contribution < 1.29 is 18.3 Å². The number of carbonyl (C=O) groups is 1. The van der Waals surface area contributed by atoms with Gasteiger partial charge in [-0.2, -0.15) is 0 Å². The minimum absolute atomic E-state index is 0.0345. The third-order valence-corrected chi connectivity index (χ3v) is 5.50. The van der Waals surface area contributed by atoms with Gasteiger partial charge < -0.3 is 20.7 Å². The van der Waals surface area contributed by atoms with Crippen LogP contribution in [0.1, 0.15) is 64.4 Å². The van der Waals surface area contributed by atoms with Crippen LogP contribution in [0, 0.1) is 11.6 Å². The standard InChI is InChI=1S/C22H32F2N4O2/c1-22(2,3)30-21(29)27-14-10-8-13(9-11-14)26-20(25-4)28-18-12-15(18)19-16(23)6-5-7-17(19)24/h5-7,13-15,18H,8-12H2,1-4H3,(H,27,29)(H2,25,26,28). The first kappa shape index (κ1) is 22.3. The van der Waals surface area contributed by atoms with Gasteiger partial charge in [0.2, 0.25) is 0 Å². The summed E-state index contributed by atoms with van der Waals surface area (Å²) in [5.74, 6) is -0.535. The van der Waals surface area contributed by atoms with Crippen LogP contribution in [0.5, 0.6) is 0 Å². The van der Waals surface area contributed by atoms with E-state index in [1.807, 2.05) is 20.8 Å². The van der Waals surface area contributed by atoms with Crippen LogP contribution in [0.15, 0.2) is 23.2 Å². The molecule has 0 aliphatic heterocycles. The maximum absolute atomic E-state index is 14.0. The number of halogens is 2. The fraction of sp³-hybridized carbons (Fsp3) is 0.636. The molecule has 2 unspecified atom stereocenters. The molecule has 2 aliphatic rings. The highest BCUT2D eigenvalue weighted by atomic mass is 19.1. The average Bonchev–Trinajstić information content (AvgIpc) is 3.39. The maximum Gasteiger partial charge on any atom is 0.407 e. The summed E-state index contributed by atoms with van der Waals surface area (Å²) in [6, 6.07) is 4.27. The Hall–Kier alpha value is -2.38. The largest absolute Gasteiger partial charge is 0.444 e. The van der Waals surface area contributed by atoms with Gasteiger partial charge in [-0.1, -0.05) is 6.07 Å². The number of amides is 1. The molecule has 2 fully saturated rings. The zero-order chi connectivity index (χ0) is 21.9. The molecule has 0 saturated heterocycles. The number of carbonyl (C=O) groups excluding carboxylic acids is 1. The lowest BCUT2D eigenvalue weighted by atomic mass is 9.91. The molecule has 0 heterocycles. The van der Waals surface area contributed by atoms with Crippen LogP contribution in [-0.2, 0) is 4.74 Å². The molecule has 6 nitrogen and oxygen atoms in total. The molecular weight excluding hydrogens is 390 g/mol. The minimum Gasteiger partial charge on any atom is -0.444 e. The van der Waals surface area contributed by atoms with Crippen LogP contribution in [-0.4, -0.2) is 42.8 Å². The first-order chi connectivity index (χ1) is 14.2. The molecule has 1 aromatic carbocycles. The third-order valence-electron chi connectivity index (χ3n) is 5.50. The highest BCUT2D eigenvalue weighted by Crippen LogP contribution is 2.43. The summed E-state index contributed by atoms with van der Waals surface area (Å²) >= 11 is 0. The molecule has 3 N–H and O–H groups in total. The maximum atomic E-state index is 14.0. The summed E-state index contributed by atoms with van der Waals surface area (Å²) in [6.45, 7) is 5.53. The van der Waals surface area contributed by atoms with Gasteiger partial charge in [0.15, 0.2) is 5.96 Å². The molecule has 30 heavy (non-hydrogen) atoms. The van der Waals surface area contributed by atoms with Crippen molar-refractivity contribution in [2.45, 2.75) is 82.5 Å². The third kappa shape index (κ3) is 6.06. The molecule has 166 valence electrons. The van der Waals surface area contributed by atoms with Gasteiger partial charge in [0.25, 0.3) is 0 Å². The second-order valence-corrected chi connectivity index (χ2v) is 9.14. The number of guanidine groups is 1. The Bertz CT molecular complexity index is 766. The SMILES string of the molecule is CN=C(NC1CCC(NC(=O)OC(C)(C)C)CC1)NC1CC1c1c(F)cccc1F. The van der Waals surface area contributed by atoms with Crippen molar-refractivity contribution in [3.63, 3.8) is 0 Å². The number of nitrogens with zero attached hydrogens (tertiary/aromatic N) is 1. The molecular formula is C22H32F2N4O2. The summed E-state index contributed by atoms with van der Waals surface area (Å²) in [5, 5.41) is 9.61. The Labute approximate surface area is 176 Å². The molecule has 2 atom stereocenters. The number of hydrogen-bond donors (Lipinski definition) is 3. The Morgan fingerprint density at radius 2 is 1.60 bits per heavy atom. The van der Waals surface area contributed by atoms with Gasteiger partial charge in [0, 0.05) is 36.7 Å². The highest BCUT2D eigenvalue weighted by molar-refractivity contribution is 5.81. The van der Waals surface area contributed by atoms with E-state index in [1.54, 1.807) is 7.05 Å². The smallest absolute Gasteiger partial charge is 0.407 e. The van der Waals surface area contributed by atoms with Crippen molar-refractivity contribution in [2.24, 2.45) is 4.99 Å². The number of rotatable bonds is 4. The monoisotopic (exact) mass is 422 g/mol. The van der Waals surface area contributed by atoms with Crippen LogP contribution in [0.2, 0.25) is 0 Å². The van der Waals surface area contributed by atoms with Gasteiger partial charge >= 0.3 is 6.09 Å². The molecule has 3 rings (SSSR count). The van der Waals surface area contributed by atoms with Gasteiger partial charge in [-0.15, -0.1) is 0 Å². The highest BCUT2D eigenvalue weighted by Gasteiger charge is 2.42. The Kier molecular flexibility index (Phi) is 6.83. The molecule has 2 aliphatic carbocycles. The van der Waals surface area contributed by atoms with Gasteiger partial charge in [-0.25, -0.2) is 13.6 Å². The van der Waals surface area contributed by atoms with Crippen LogP contribution >= 0.6 is 0 Å². The van der Waals surface area contributed by atoms with Gasteiger partial charge in [0.1, 0.15) is 17.2 Å². The van der Waals surface area contributed by atoms with E-state index in [-0.39, 0.29) is 35.7 Å². The van der Waals surface area contributed by atoms with Gasteiger partial charge in [0.05, 0.1) is 0 Å². The second-order valence-electron chi connectivity index (χ2n) is 9.14. The number of aliphatic imine (C=N–C) groups is 1. The van der Waals surface area contributed by atoms with Crippen LogP contribution in [0.4, 0.5) is 13.6 Å². The van der Waals surface area contributed by atoms with Crippen LogP contribution in [0.3, 0.4) is 0 Å². The van der Waals surface area contributed by atoms with E-state index in [4.69, 9.17) is 4.74 Å². The summed E-state index contributed by atoms with van der Waals surface area (Å²) in [5.41, 5.74) is -0.355. The first-order valence-electron chi connectivity index (χ1n) is 10.6. The molecule has 8 heteroatoms. The van der Waals surface area contributed by atoms with Gasteiger partial charge in [-0.05, 0) is 65.0 Å². The van der Waals surface area contributed by atoms with Crippen molar-refractivity contribution in [2.75, 3.05) is 7.05 Å². The fourth-order valence-electron chi connectivity index (χ4n) is 3.93. The lowest BCUT2D eigenvalue weighted by molar-refractivity contribution is 0.0490. The lowest BCUT2D eigenvalue weighted by Gasteiger charge is -2.31. The van der Waals surface area contributed by atoms with Crippen LogP contribution in [0.25, 0.3) is 0 Å². The Morgan fingerprint density at radius 1 is 1.03 bits per heavy atom. The number of alkyl carbamates (subject to hydrolysis) is 1. The summed E-state index contributed by atoms with van der Waals surface area (Å²) < 4.78 is 33.3.